The number of carbonyl (C=O) groups is 3. The lowest BCUT2D eigenvalue weighted by atomic mass is 9.88. The van der Waals surface area contributed by atoms with Crippen molar-refractivity contribution in [2.45, 2.75) is 44.0 Å². The third kappa shape index (κ3) is 5.65. The van der Waals surface area contributed by atoms with E-state index < -0.39 is 51.2 Å². The van der Waals surface area contributed by atoms with Gasteiger partial charge in [0.2, 0.25) is 15.8 Å². The predicted octanol–water partition coefficient (Wildman–Crippen LogP) is 1.18. The molecule has 11 heteroatoms. The molecule has 1 aromatic carbocycles. The highest BCUT2D eigenvalue weighted by molar-refractivity contribution is 7.89. The van der Waals surface area contributed by atoms with Gasteiger partial charge in [0, 0.05) is 31.7 Å². The highest BCUT2D eigenvalue weighted by Gasteiger charge is 2.34. The summed E-state index contributed by atoms with van der Waals surface area (Å²) < 4.78 is 46.4. The van der Waals surface area contributed by atoms with E-state index in [1.165, 1.54) is 6.20 Å². The topological polar surface area (TPSA) is 135 Å². The number of benzene rings is 1. The monoisotopic (exact) mass is 465 g/mol. The molecule has 2 bridgehead atoms. The number of fused-ring (bicyclic) bond motifs is 2. The Labute approximate surface area is 184 Å². The standard InChI is InChI=1S/C21H24FN3O6S/c1-12(2)19(25-32(29,30)16-5-3-14(22)4-6-16)17(26)10-13-9-15-11-24-18(31-15)7-8-23-21(28)20(13)27/h3-6,11-13,19,25H,7-10H2,1-2H3,(H,23,28). The number of nitrogens with zero attached hydrogens (tertiary/aromatic N) is 1. The molecule has 2 aromatic rings. The number of hydrogen-bond acceptors (Lipinski definition) is 7. The molecular formula is C21H24FN3O6S. The first-order valence-corrected chi connectivity index (χ1v) is 11.6. The van der Waals surface area contributed by atoms with Crippen molar-refractivity contribution in [3.8, 4) is 0 Å². The van der Waals surface area contributed by atoms with Gasteiger partial charge in [0.25, 0.3) is 5.91 Å². The van der Waals surface area contributed by atoms with Crippen molar-refractivity contribution in [1.29, 1.82) is 0 Å². The van der Waals surface area contributed by atoms with Crippen molar-refractivity contribution in [1.82, 2.24) is 15.0 Å². The Kier molecular flexibility index (Phi) is 7.19. The molecule has 9 nitrogen and oxygen atoms in total. The summed E-state index contributed by atoms with van der Waals surface area (Å²) >= 11 is 0. The maximum Gasteiger partial charge on any atom is 0.287 e. The molecular weight excluding hydrogens is 441 g/mol. The molecule has 0 aliphatic carbocycles. The first-order valence-electron chi connectivity index (χ1n) is 10.1. The molecule has 2 unspecified atom stereocenters. The lowest BCUT2D eigenvalue weighted by Gasteiger charge is -2.23. The fourth-order valence-electron chi connectivity index (χ4n) is 3.41. The highest BCUT2D eigenvalue weighted by atomic mass is 32.2. The SMILES string of the molecule is CC(C)C(NS(=O)(=O)c1ccc(F)cc1)C(=O)CC1Cc2cnc(o2)CCNC(=O)C1=O. The van der Waals surface area contributed by atoms with Crippen LogP contribution < -0.4 is 10.0 Å². The lowest BCUT2D eigenvalue weighted by molar-refractivity contribution is -0.141. The molecule has 2 atom stereocenters. The summed E-state index contributed by atoms with van der Waals surface area (Å²) in [6, 6.07) is 3.04. The molecule has 2 N–H and O–H groups in total. The van der Waals surface area contributed by atoms with Gasteiger partial charge in [-0.3, -0.25) is 14.4 Å². The molecule has 172 valence electrons. The summed E-state index contributed by atoms with van der Waals surface area (Å²) in [4.78, 5) is 41.8. The minimum Gasteiger partial charge on any atom is -0.446 e. The number of carbonyl (C=O) groups excluding carboxylic acids is 3. The zero-order chi connectivity index (χ0) is 23.5. The third-order valence-electron chi connectivity index (χ3n) is 5.14. The van der Waals surface area contributed by atoms with Gasteiger partial charge in [0.05, 0.1) is 17.1 Å². The summed E-state index contributed by atoms with van der Waals surface area (Å²) in [5.74, 6) is -3.42. The first-order chi connectivity index (χ1) is 15.1. The lowest BCUT2D eigenvalue weighted by Crippen LogP contribution is -2.46. The van der Waals surface area contributed by atoms with E-state index in [4.69, 9.17) is 4.42 Å². The Morgan fingerprint density at radius 1 is 1.28 bits per heavy atom. The van der Waals surface area contributed by atoms with Crippen LogP contribution >= 0.6 is 0 Å². The van der Waals surface area contributed by atoms with Gasteiger partial charge in [-0.05, 0) is 30.2 Å². The fourth-order valence-corrected chi connectivity index (χ4v) is 4.77. The summed E-state index contributed by atoms with van der Waals surface area (Å²) in [5, 5.41) is 2.48. The van der Waals surface area contributed by atoms with Gasteiger partial charge in [-0.25, -0.2) is 22.5 Å². The van der Waals surface area contributed by atoms with E-state index in [9.17, 15) is 27.2 Å². The number of aromatic nitrogens is 1. The molecule has 3 rings (SSSR count). The minimum atomic E-state index is -4.12. The second-order valence-corrected chi connectivity index (χ2v) is 9.67. The Hall–Kier alpha value is -2.92. The number of ketones is 2. The van der Waals surface area contributed by atoms with E-state index >= 15 is 0 Å². The second-order valence-electron chi connectivity index (χ2n) is 7.96. The van der Waals surface area contributed by atoms with E-state index in [-0.39, 0.29) is 24.3 Å². The number of sulfonamides is 1. The van der Waals surface area contributed by atoms with E-state index in [0.717, 1.165) is 24.3 Å². The zero-order valence-corrected chi connectivity index (χ0v) is 18.4. The van der Waals surface area contributed by atoms with Gasteiger partial charge < -0.3 is 9.73 Å². The van der Waals surface area contributed by atoms with Crippen LogP contribution in [0.3, 0.4) is 0 Å². The van der Waals surface area contributed by atoms with Crippen LogP contribution in [0, 0.1) is 17.7 Å². The van der Waals surface area contributed by atoms with E-state index in [0.29, 0.717) is 18.1 Å². The number of amides is 1. The molecule has 0 fully saturated rings. The van der Waals surface area contributed by atoms with Gasteiger partial charge in [-0.2, -0.15) is 0 Å². The molecule has 0 spiro atoms. The summed E-state index contributed by atoms with van der Waals surface area (Å²) in [5.41, 5.74) is 0. The Morgan fingerprint density at radius 3 is 2.62 bits per heavy atom. The molecule has 1 aliphatic rings. The number of hydrogen-bond donors (Lipinski definition) is 2. The van der Waals surface area contributed by atoms with E-state index in [1.54, 1.807) is 13.8 Å². The fraction of sp³-hybridized carbons (Fsp3) is 0.429. The molecule has 0 saturated heterocycles. The minimum absolute atomic E-state index is 0.0134. The normalized spacial score (nSPS) is 18.3. The van der Waals surface area contributed by atoms with Crippen LogP contribution in [0.4, 0.5) is 4.39 Å². The van der Waals surface area contributed by atoms with Gasteiger partial charge >= 0.3 is 0 Å². The number of Topliss-reactive ketones (excluding diaryl/α,β-unsaturated/α-hetero) is 2. The van der Waals surface area contributed by atoms with Crippen LogP contribution in [0.1, 0.15) is 31.9 Å². The van der Waals surface area contributed by atoms with Crippen molar-refractivity contribution in [3.63, 3.8) is 0 Å². The predicted molar refractivity (Wildman–Crippen MR) is 110 cm³/mol. The summed E-state index contributed by atoms with van der Waals surface area (Å²) in [7, 11) is -4.12. The van der Waals surface area contributed by atoms with Gasteiger partial charge in [-0.1, -0.05) is 13.8 Å². The summed E-state index contributed by atoms with van der Waals surface area (Å²) in [6.07, 6.45) is 1.41. The van der Waals surface area contributed by atoms with Gasteiger partial charge in [0.15, 0.2) is 11.7 Å². The quantitative estimate of drug-likeness (QED) is 0.586. The van der Waals surface area contributed by atoms with Crippen LogP contribution in [-0.2, 0) is 37.2 Å². The largest absolute Gasteiger partial charge is 0.446 e. The molecule has 1 amide bonds. The number of rotatable bonds is 7. The average Bonchev–Trinajstić information content (AvgIpc) is 3.17. The van der Waals surface area contributed by atoms with Crippen molar-refractivity contribution >= 4 is 27.5 Å². The molecule has 0 radical (unpaired) electrons. The Balaban J connectivity index is 1.81. The molecule has 1 aromatic heterocycles. The molecule has 1 aliphatic heterocycles. The van der Waals surface area contributed by atoms with Crippen LogP contribution in [0.5, 0.6) is 0 Å². The van der Waals surface area contributed by atoms with E-state index in [1.807, 2.05) is 0 Å². The third-order valence-corrected chi connectivity index (χ3v) is 6.59. The van der Waals surface area contributed by atoms with Crippen molar-refractivity contribution in [2.24, 2.45) is 11.8 Å². The maximum absolute atomic E-state index is 13.1. The average molecular weight is 466 g/mol. The zero-order valence-electron chi connectivity index (χ0n) is 17.6. The van der Waals surface area contributed by atoms with Crippen LogP contribution in [0.2, 0.25) is 0 Å². The number of oxazole rings is 1. The molecule has 2 heterocycles. The highest BCUT2D eigenvalue weighted by Crippen LogP contribution is 2.20. The van der Waals surface area contributed by atoms with Crippen LogP contribution in [0.25, 0.3) is 0 Å². The first kappa shape index (κ1) is 23.7. The maximum atomic E-state index is 13.1. The smallest absolute Gasteiger partial charge is 0.287 e. The number of halogens is 1. The second kappa shape index (κ2) is 9.70. The van der Waals surface area contributed by atoms with Crippen LogP contribution in [-0.4, -0.2) is 43.5 Å². The Bertz CT molecular complexity index is 1110. The summed E-state index contributed by atoms with van der Waals surface area (Å²) in [6.45, 7) is 3.47. The van der Waals surface area contributed by atoms with Gasteiger partial charge in [-0.15, -0.1) is 0 Å². The van der Waals surface area contributed by atoms with Gasteiger partial charge in [0.1, 0.15) is 11.6 Å². The van der Waals surface area contributed by atoms with Crippen molar-refractivity contribution in [2.75, 3.05) is 6.54 Å². The van der Waals surface area contributed by atoms with Crippen molar-refractivity contribution in [3.05, 3.63) is 47.9 Å². The van der Waals surface area contributed by atoms with Crippen molar-refractivity contribution < 1.29 is 31.6 Å². The van der Waals surface area contributed by atoms with E-state index in [2.05, 4.69) is 15.0 Å². The number of nitrogens with one attached hydrogen (secondary N) is 2. The molecule has 32 heavy (non-hydrogen) atoms. The molecule has 0 saturated carbocycles. The Morgan fingerprint density at radius 2 is 1.97 bits per heavy atom. The van der Waals surface area contributed by atoms with Crippen LogP contribution in [0.15, 0.2) is 39.8 Å².